The minimum absolute atomic E-state index is 0.148. The summed E-state index contributed by atoms with van der Waals surface area (Å²) in [5, 5.41) is 6.27. The van der Waals surface area contributed by atoms with Crippen molar-refractivity contribution >= 4 is 5.91 Å². The van der Waals surface area contributed by atoms with Crippen LogP contribution >= 0.6 is 0 Å². The highest BCUT2D eigenvalue weighted by Crippen LogP contribution is 2.27. The topological polar surface area (TPSA) is 59.6 Å². The van der Waals surface area contributed by atoms with E-state index in [1.807, 2.05) is 0 Å². The normalized spacial score (nSPS) is 17.8. The van der Waals surface area contributed by atoms with Gasteiger partial charge in [-0.2, -0.15) is 0 Å². The Morgan fingerprint density at radius 2 is 2.05 bits per heavy atom. The maximum atomic E-state index is 12.3. The van der Waals surface area contributed by atoms with Gasteiger partial charge in [-0.1, -0.05) is 6.07 Å². The molecule has 0 aromatic heterocycles. The van der Waals surface area contributed by atoms with Gasteiger partial charge in [0.2, 0.25) is 0 Å². The van der Waals surface area contributed by atoms with Crippen molar-refractivity contribution in [1.29, 1.82) is 0 Å². The van der Waals surface area contributed by atoms with Gasteiger partial charge in [0.05, 0.1) is 14.2 Å². The highest BCUT2D eigenvalue weighted by atomic mass is 16.5. The van der Waals surface area contributed by atoms with E-state index in [9.17, 15) is 4.79 Å². The number of amides is 1. The van der Waals surface area contributed by atoms with Crippen molar-refractivity contribution in [1.82, 2.24) is 10.6 Å². The largest absolute Gasteiger partial charge is 0.496 e. The van der Waals surface area contributed by atoms with Gasteiger partial charge in [-0.25, -0.2) is 0 Å². The van der Waals surface area contributed by atoms with Crippen LogP contribution in [0.2, 0.25) is 0 Å². The van der Waals surface area contributed by atoms with E-state index < -0.39 is 0 Å². The fraction of sp³-hybridized carbons (Fsp3) is 0.533. The molecule has 0 spiro atoms. The summed E-state index contributed by atoms with van der Waals surface area (Å²) in [4.78, 5) is 12.3. The van der Waals surface area contributed by atoms with E-state index in [1.54, 1.807) is 32.4 Å². The lowest BCUT2D eigenvalue weighted by molar-refractivity contribution is 0.0945. The molecule has 20 heavy (non-hydrogen) atoms. The molecule has 0 aliphatic carbocycles. The van der Waals surface area contributed by atoms with Gasteiger partial charge in [0.25, 0.3) is 5.91 Å². The lowest BCUT2D eigenvalue weighted by Crippen LogP contribution is -2.27. The number of benzene rings is 1. The first-order chi connectivity index (χ1) is 9.76. The fourth-order valence-electron chi connectivity index (χ4n) is 2.51. The highest BCUT2D eigenvalue weighted by Gasteiger charge is 2.19. The number of methoxy groups -OCH3 is 2. The molecule has 110 valence electrons. The zero-order valence-electron chi connectivity index (χ0n) is 12.1. The summed E-state index contributed by atoms with van der Waals surface area (Å²) in [7, 11) is 3.10. The minimum Gasteiger partial charge on any atom is -0.496 e. The van der Waals surface area contributed by atoms with E-state index in [4.69, 9.17) is 9.47 Å². The second kappa shape index (κ2) is 7.14. The number of ether oxygens (including phenoxy) is 2. The summed E-state index contributed by atoms with van der Waals surface area (Å²) < 4.78 is 10.5. The summed E-state index contributed by atoms with van der Waals surface area (Å²) >= 11 is 0. The molecule has 1 unspecified atom stereocenters. The van der Waals surface area contributed by atoms with Crippen LogP contribution in [-0.2, 0) is 0 Å². The van der Waals surface area contributed by atoms with Gasteiger partial charge in [0.15, 0.2) is 0 Å². The average molecular weight is 278 g/mol. The van der Waals surface area contributed by atoms with Crippen molar-refractivity contribution in [3.8, 4) is 11.5 Å². The molecule has 1 aromatic rings. The number of rotatable bonds is 6. The van der Waals surface area contributed by atoms with Crippen molar-refractivity contribution in [2.75, 3.05) is 33.9 Å². The lowest BCUT2D eigenvalue weighted by atomic mass is 10.1. The van der Waals surface area contributed by atoms with E-state index in [2.05, 4.69) is 10.6 Å². The lowest BCUT2D eigenvalue weighted by Gasteiger charge is -2.14. The Kier molecular flexibility index (Phi) is 5.24. The molecule has 0 saturated carbocycles. The maximum absolute atomic E-state index is 12.3. The van der Waals surface area contributed by atoms with Gasteiger partial charge in [-0.05, 0) is 44.0 Å². The molecule has 0 bridgehead atoms. The Morgan fingerprint density at radius 3 is 2.60 bits per heavy atom. The third-order valence-corrected chi connectivity index (χ3v) is 3.66. The van der Waals surface area contributed by atoms with Gasteiger partial charge < -0.3 is 20.1 Å². The molecule has 1 saturated heterocycles. The van der Waals surface area contributed by atoms with Crippen molar-refractivity contribution < 1.29 is 14.3 Å². The van der Waals surface area contributed by atoms with Crippen LogP contribution in [0.15, 0.2) is 18.2 Å². The van der Waals surface area contributed by atoms with Crippen LogP contribution in [0.4, 0.5) is 0 Å². The Hall–Kier alpha value is -1.75. The Bertz CT molecular complexity index is 434. The molecule has 1 heterocycles. The predicted octanol–water partition coefficient (Wildman–Crippen LogP) is 1.43. The van der Waals surface area contributed by atoms with Crippen LogP contribution in [0.25, 0.3) is 0 Å². The van der Waals surface area contributed by atoms with Gasteiger partial charge in [-0.3, -0.25) is 4.79 Å². The number of carbonyl (C=O) groups excluding carboxylic acids is 1. The molecule has 1 fully saturated rings. The monoisotopic (exact) mass is 278 g/mol. The molecule has 1 aliphatic rings. The summed E-state index contributed by atoms with van der Waals surface area (Å²) in [5.41, 5.74) is 0.460. The zero-order chi connectivity index (χ0) is 14.4. The molecule has 1 aromatic carbocycles. The average Bonchev–Trinajstić information content (AvgIpc) is 2.99. The third-order valence-electron chi connectivity index (χ3n) is 3.66. The third kappa shape index (κ3) is 3.42. The van der Waals surface area contributed by atoms with Crippen LogP contribution in [0.1, 0.15) is 23.2 Å². The van der Waals surface area contributed by atoms with Crippen molar-refractivity contribution in [3.63, 3.8) is 0 Å². The van der Waals surface area contributed by atoms with E-state index in [-0.39, 0.29) is 5.91 Å². The summed E-state index contributed by atoms with van der Waals surface area (Å²) in [6.07, 6.45) is 2.18. The SMILES string of the molecule is COc1cccc(OC)c1C(=O)NCCC1CCNC1. The molecule has 5 nitrogen and oxygen atoms in total. The van der Waals surface area contributed by atoms with E-state index >= 15 is 0 Å². The first-order valence-electron chi connectivity index (χ1n) is 6.96. The molecule has 2 rings (SSSR count). The predicted molar refractivity (Wildman–Crippen MR) is 77.5 cm³/mol. The van der Waals surface area contributed by atoms with Crippen molar-refractivity contribution in [2.24, 2.45) is 5.92 Å². The minimum atomic E-state index is -0.148. The highest BCUT2D eigenvalue weighted by molar-refractivity contribution is 5.99. The second-order valence-corrected chi connectivity index (χ2v) is 4.94. The summed E-state index contributed by atoms with van der Waals surface area (Å²) in [6, 6.07) is 5.33. The standard InChI is InChI=1S/C15H22N2O3/c1-19-12-4-3-5-13(20-2)14(12)15(18)17-9-7-11-6-8-16-10-11/h3-5,11,16H,6-10H2,1-2H3,(H,17,18). The zero-order valence-corrected chi connectivity index (χ0v) is 12.1. The fourth-order valence-corrected chi connectivity index (χ4v) is 2.51. The van der Waals surface area contributed by atoms with Crippen LogP contribution in [-0.4, -0.2) is 39.8 Å². The smallest absolute Gasteiger partial charge is 0.258 e. The first-order valence-corrected chi connectivity index (χ1v) is 6.96. The molecule has 1 amide bonds. The molecule has 1 aliphatic heterocycles. The number of nitrogens with one attached hydrogen (secondary N) is 2. The number of hydrogen-bond donors (Lipinski definition) is 2. The maximum Gasteiger partial charge on any atom is 0.258 e. The summed E-state index contributed by atoms with van der Waals surface area (Å²) in [5.74, 6) is 1.58. The Labute approximate surface area is 119 Å². The van der Waals surface area contributed by atoms with E-state index in [1.165, 1.54) is 6.42 Å². The molecular weight excluding hydrogens is 256 g/mol. The molecule has 0 radical (unpaired) electrons. The number of carbonyl (C=O) groups is 1. The van der Waals surface area contributed by atoms with Crippen molar-refractivity contribution in [2.45, 2.75) is 12.8 Å². The summed E-state index contributed by atoms with van der Waals surface area (Å²) in [6.45, 7) is 2.80. The van der Waals surface area contributed by atoms with Gasteiger partial charge in [0.1, 0.15) is 17.1 Å². The molecular formula is C15H22N2O3. The Morgan fingerprint density at radius 1 is 1.35 bits per heavy atom. The van der Waals surface area contributed by atoms with Crippen LogP contribution in [0.5, 0.6) is 11.5 Å². The molecule has 1 atom stereocenters. The van der Waals surface area contributed by atoms with Gasteiger partial charge >= 0.3 is 0 Å². The number of hydrogen-bond acceptors (Lipinski definition) is 4. The van der Waals surface area contributed by atoms with Crippen LogP contribution in [0.3, 0.4) is 0 Å². The quantitative estimate of drug-likeness (QED) is 0.826. The second-order valence-electron chi connectivity index (χ2n) is 4.94. The van der Waals surface area contributed by atoms with Crippen molar-refractivity contribution in [3.05, 3.63) is 23.8 Å². The van der Waals surface area contributed by atoms with Gasteiger partial charge in [0, 0.05) is 6.54 Å². The van der Waals surface area contributed by atoms with Crippen LogP contribution < -0.4 is 20.1 Å². The Balaban J connectivity index is 1.97. The molecule has 5 heteroatoms. The van der Waals surface area contributed by atoms with Crippen LogP contribution in [0, 0.1) is 5.92 Å². The van der Waals surface area contributed by atoms with E-state index in [0.717, 1.165) is 19.5 Å². The van der Waals surface area contributed by atoms with E-state index in [0.29, 0.717) is 29.5 Å². The van der Waals surface area contributed by atoms with Gasteiger partial charge in [-0.15, -0.1) is 0 Å². The first kappa shape index (κ1) is 14.7. The molecule has 2 N–H and O–H groups in total.